The zero-order valence-electron chi connectivity index (χ0n) is 8.10. The minimum Gasteiger partial charge on any atom is -0.506 e. The van der Waals surface area contributed by atoms with Gasteiger partial charge in [0.2, 0.25) is 0 Å². The summed E-state index contributed by atoms with van der Waals surface area (Å²) in [6.07, 6.45) is 2.32. The molecule has 4 heteroatoms. The molecular weight excluding hydrogens is 210 g/mol. The number of benzene rings is 1. The van der Waals surface area contributed by atoms with E-state index >= 15 is 0 Å². The third-order valence-electron chi connectivity index (χ3n) is 2.07. The molecule has 2 rings (SSSR count). The molecule has 2 aromatic rings. The molecule has 1 aromatic heterocycles. The second-order valence-corrected chi connectivity index (χ2v) is 4.10. The van der Waals surface area contributed by atoms with Gasteiger partial charge >= 0.3 is 0 Å². The van der Waals surface area contributed by atoms with Gasteiger partial charge in [-0.25, -0.2) is 4.98 Å². The third-order valence-corrected chi connectivity index (χ3v) is 2.88. The minimum absolute atomic E-state index is 0.00514. The number of nitrogens with zero attached hydrogens (tertiary/aromatic N) is 1. The largest absolute Gasteiger partial charge is 0.506 e. The normalized spacial score (nSPS) is 10.2. The van der Waals surface area contributed by atoms with Gasteiger partial charge in [-0.3, -0.25) is 4.79 Å². The summed E-state index contributed by atoms with van der Waals surface area (Å²) < 4.78 is 0. The van der Waals surface area contributed by atoms with Crippen LogP contribution in [0, 0.1) is 6.92 Å². The summed E-state index contributed by atoms with van der Waals surface area (Å²) in [6.45, 7) is 1.88. The molecule has 0 aliphatic carbocycles. The minimum atomic E-state index is 0.00514. The van der Waals surface area contributed by atoms with Gasteiger partial charge in [0.05, 0.1) is 11.1 Å². The average molecular weight is 219 g/mol. The van der Waals surface area contributed by atoms with Crippen molar-refractivity contribution < 1.29 is 9.90 Å². The van der Waals surface area contributed by atoms with Crippen LogP contribution in [0.1, 0.15) is 15.9 Å². The number of hydrogen-bond acceptors (Lipinski definition) is 4. The van der Waals surface area contributed by atoms with Crippen molar-refractivity contribution in [3.63, 3.8) is 0 Å². The lowest BCUT2D eigenvalue weighted by molar-refractivity contribution is 0.112. The van der Waals surface area contributed by atoms with Gasteiger partial charge in [0.1, 0.15) is 10.8 Å². The summed E-state index contributed by atoms with van der Waals surface area (Å²) in [7, 11) is 0. The highest BCUT2D eigenvalue weighted by molar-refractivity contribution is 7.13. The van der Waals surface area contributed by atoms with Gasteiger partial charge in [-0.15, -0.1) is 11.3 Å². The average Bonchev–Trinajstić information content (AvgIpc) is 2.74. The molecule has 0 aliphatic rings. The lowest BCUT2D eigenvalue weighted by Gasteiger charge is -2.05. The second-order valence-electron chi connectivity index (χ2n) is 3.21. The number of aromatic nitrogens is 1. The van der Waals surface area contributed by atoms with Crippen molar-refractivity contribution in [1.29, 1.82) is 0 Å². The molecule has 1 aromatic carbocycles. The number of hydrogen-bond donors (Lipinski definition) is 1. The van der Waals surface area contributed by atoms with Crippen LogP contribution in [-0.2, 0) is 0 Å². The van der Waals surface area contributed by atoms with Crippen LogP contribution in [0.5, 0.6) is 5.75 Å². The fourth-order valence-corrected chi connectivity index (χ4v) is 2.07. The molecule has 1 N–H and O–H groups in total. The molecule has 1 heterocycles. The Morgan fingerprint density at radius 1 is 1.47 bits per heavy atom. The molecule has 0 bridgehead atoms. The smallest absolute Gasteiger partial charge is 0.153 e. The number of phenolic OH excluding ortho intramolecular Hbond substituents is 1. The Hall–Kier alpha value is -1.68. The van der Waals surface area contributed by atoms with Gasteiger partial charge in [0.15, 0.2) is 6.29 Å². The van der Waals surface area contributed by atoms with Crippen LogP contribution in [0.3, 0.4) is 0 Å². The van der Waals surface area contributed by atoms with E-state index in [2.05, 4.69) is 4.98 Å². The Bertz CT molecular complexity index is 492. The predicted molar refractivity (Wildman–Crippen MR) is 59.3 cm³/mol. The van der Waals surface area contributed by atoms with Crippen LogP contribution >= 0.6 is 11.3 Å². The Balaban J connectivity index is 2.66. The van der Waals surface area contributed by atoms with Crippen molar-refractivity contribution >= 4 is 17.6 Å². The summed E-state index contributed by atoms with van der Waals surface area (Å²) >= 11 is 1.43. The molecular formula is C11H9NO2S. The lowest BCUT2D eigenvalue weighted by atomic mass is 10.1. The van der Waals surface area contributed by atoms with E-state index in [1.807, 2.05) is 18.4 Å². The third kappa shape index (κ3) is 1.76. The van der Waals surface area contributed by atoms with E-state index in [1.165, 1.54) is 11.3 Å². The van der Waals surface area contributed by atoms with Gasteiger partial charge in [0.25, 0.3) is 0 Å². The maximum Gasteiger partial charge on any atom is 0.153 e. The molecule has 0 aliphatic heterocycles. The molecule has 0 saturated heterocycles. The number of rotatable bonds is 2. The topological polar surface area (TPSA) is 50.2 Å². The highest BCUT2D eigenvalue weighted by Gasteiger charge is 2.11. The maximum absolute atomic E-state index is 10.7. The SMILES string of the molecule is Cc1cc(C=O)c(O)c(-c2nccs2)c1. The van der Waals surface area contributed by atoms with Crippen molar-refractivity contribution in [2.24, 2.45) is 0 Å². The lowest BCUT2D eigenvalue weighted by Crippen LogP contribution is -1.87. The van der Waals surface area contributed by atoms with E-state index in [0.717, 1.165) is 10.6 Å². The first-order valence-electron chi connectivity index (χ1n) is 4.41. The van der Waals surface area contributed by atoms with Crippen molar-refractivity contribution in [3.8, 4) is 16.3 Å². The van der Waals surface area contributed by atoms with Crippen molar-refractivity contribution in [1.82, 2.24) is 4.98 Å². The number of phenols is 1. The molecule has 0 unspecified atom stereocenters. The van der Waals surface area contributed by atoms with Gasteiger partial charge in [-0.1, -0.05) is 0 Å². The fraction of sp³-hybridized carbons (Fsp3) is 0.0909. The standard InChI is InChI=1S/C11H9NO2S/c1-7-4-8(6-13)10(14)9(5-7)11-12-2-3-15-11/h2-6,14H,1H3. The van der Waals surface area contributed by atoms with E-state index in [0.29, 0.717) is 17.4 Å². The number of thiazole rings is 1. The highest BCUT2D eigenvalue weighted by atomic mass is 32.1. The number of carbonyl (C=O) groups excluding carboxylic acids is 1. The van der Waals surface area contributed by atoms with Crippen LogP contribution in [0.4, 0.5) is 0 Å². The number of aryl methyl sites for hydroxylation is 1. The van der Waals surface area contributed by atoms with Gasteiger partial charge in [-0.05, 0) is 24.6 Å². The zero-order valence-corrected chi connectivity index (χ0v) is 8.91. The van der Waals surface area contributed by atoms with Crippen LogP contribution in [0.15, 0.2) is 23.7 Å². The zero-order chi connectivity index (χ0) is 10.8. The van der Waals surface area contributed by atoms with Gasteiger partial charge in [-0.2, -0.15) is 0 Å². The Labute approximate surface area is 91.0 Å². The summed E-state index contributed by atoms with van der Waals surface area (Å²) in [5.74, 6) is 0.00514. The monoisotopic (exact) mass is 219 g/mol. The summed E-state index contributed by atoms with van der Waals surface area (Å²) in [6, 6.07) is 3.47. The van der Waals surface area contributed by atoms with Crippen LogP contribution in [0.25, 0.3) is 10.6 Å². The molecule has 0 saturated carbocycles. The van der Waals surface area contributed by atoms with Crippen LogP contribution < -0.4 is 0 Å². The molecule has 0 atom stereocenters. The highest BCUT2D eigenvalue weighted by Crippen LogP contribution is 2.33. The predicted octanol–water partition coefficient (Wildman–Crippen LogP) is 2.64. The van der Waals surface area contributed by atoms with E-state index < -0.39 is 0 Å². The van der Waals surface area contributed by atoms with Gasteiger partial charge < -0.3 is 5.11 Å². The van der Waals surface area contributed by atoms with Crippen molar-refractivity contribution in [2.45, 2.75) is 6.92 Å². The fourth-order valence-electron chi connectivity index (χ4n) is 1.42. The second kappa shape index (κ2) is 3.82. The maximum atomic E-state index is 10.7. The number of aromatic hydroxyl groups is 1. The first kappa shape index (κ1) is 9.86. The first-order valence-corrected chi connectivity index (χ1v) is 5.29. The molecule has 0 radical (unpaired) electrons. The van der Waals surface area contributed by atoms with E-state index in [-0.39, 0.29) is 5.75 Å². The molecule has 3 nitrogen and oxygen atoms in total. The van der Waals surface area contributed by atoms with Gasteiger partial charge in [0, 0.05) is 11.6 Å². The van der Waals surface area contributed by atoms with Crippen LogP contribution in [-0.4, -0.2) is 16.4 Å². The van der Waals surface area contributed by atoms with E-state index in [9.17, 15) is 9.90 Å². The Kier molecular flexibility index (Phi) is 2.51. The molecule has 15 heavy (non-hydrogen) atoms. The summed E-state index contributed by atoms with van der Waals surface area (Å²) in [5, 5.41) is 12.4. The number of carbonyl (C=O) groups is 1. The quantitative estimate of drug-likeness (QED) is 0.790. The van der Waals surface area contributed by atoms with E-state index in [4.69, 9.17) is 0 Å². The number of aldehydes is 1. The summed E-state index contributed by atoms with van der Waals surface area (Å²) in [5.41, 5.74) is 1.85. The van der Waals surface area contributed by atoms with E-state index in [1.54, 1.807) is 12.3 Å². The summed E-state index contributed by atoms with van der Waals surface area (Å²) in [4.78, 5) is 14.8. The molecule has 76 valence electrons. The van der Waals surface area contributed by atoms with Crippen molar-refractivity contribution in [3.05, 3.63) is 34.8 Å². The van der Waals surface area contributed by atoms with Crippen LogP contribution in [0.2, 0.25) is 0 Å². The molecule has 0 amide bonds. The Morgan fingerprint density at radius 2 is 2.27 bits per heavy atom. The van der Waals surface area contributed by atoms with Crippen molar-refractivity contribution in [2.75, 3.05) is 0 Å². The first-order chi connectivity index (χ1) is 7.22. The molecule has 0 spiro atoms. The molecule has 0 fully saturated rings. The Morgan fingerprint density at radius 3 is 2.87 bits per heavy atom.